The third-order valence-corrected chi connectivity index (χ3v) is 7.96. The van der Waals surface area contributed by atoms with Crippen LogP contribution in [0.15, 0.2) is 34.9 Å². The SMILES string of the molecule is Cc1cnc(N2CCN(C(=O)c3ccc(Br)cc3N3CCCS3(=O)=O)CC2)c(C)c1. The second kappa shape index (κ2) is 8.19. The van der Waals surface area contributed by atoms with Crippen molar-refractivity contribution in [3.8, 4) is 0 Å². The zero-order valence-corrected chi connectivity index (χ0v) is 19.5. The number of rotatable bonds is 3. The first-order valence-electron chi connectivity index (χ1n) is 10.0. The van der Waals surface area contributed by atoms with Gasteiger partial charge >= 0.3 is 0 Å². The van der Waals surface area contributed by atoms with Crippen LogP contribution >= 0.6 is 15.9 Å². The predicted molar refractivity (Wildman–Crippen MR) is 122 cm³/mol. The summed E-state index contributed by atoms with van der Waals surface area (Å²) in [6, 6.07) is 7.35. The molecule has 0 atom stereocenters. The molecule has 160 valence electrons. The number of nitrogens with zero attached hydrogens (tertiary/aromatic N) is 4. The highest BCUT2D eigenvalue weighted by Gasteiger charge is 2.33. The van der Waals surface area contributed by atoms with Crippen LogP contribution in [-0.2, 0) is 10.0 Å². The molecule has 2 fully saturated rings. The number of sulfonamides is 1. The van der Waals surface area contributed by atoms with Crippen LogP contribution in [0.1, 0.15) is 27.9 Å². The summed E-state index contributed by atoms with van der Waals surface area (Å²) in [7, 11) is -3.37. The quantitative estimate of drug-likeness (QED) is 0.658. The zero-order chi connectivity index (χ0) is 21.5. The van der Waals surface area contributed by atoms with Gasteiger partial charge in [-0.15, -0.1) is 0 Å². The molecule has 0 saturated carbocycles. The predicted octanol–water partition coefficient (Wildman–Crippen LogP) is 2.96. The number of anilines is 2. The maximum atomic E-state index is 13.3. The number of hydrogen-bond donors (Lipinski definition) is 0. The number of carbonyl (C=O) groups excluding carboxylic acids is 1. The highest BCUT2D eigenvalue weighted by atomic mass is 79.9. The molecule has 30 heavy (non-hydrogen) atoms. The fourth-order valence-corrected chi connectivity index (χ4v) is 6.05. The summed E-state index contributed by atoms with van der Waals surface area (Å²) in [5.41, 5.74) is 3.15. The third-order valence-electron chi connectivity index (χ3n) is 5.61. The van der Waals surface area contributed by atoms with Gasteiger partial charge in [0.25, 0.3) is 5.91 Å². The van der Waals surface area contributed by atoms with E-state index in [1.165, 1.54) is 4.31 Å². The fourth-order valence-electron chi connectivity index (χ4n) is 4.13. The average Bonchev–Trinajstić information content (AvgIpc) is 3.06. The van der Waals surface area contributed by atoms with Gasteiger partial charge in [0.2, 0.25) is 10.0 Å². The molecule has 0 bridgehead atoms. The molecule has 1 aromatic heterocycles. The molecule has 0 N–H and O–H groups in total. The number of aromatic nitrogens is 1. The molecule has 2 saturated heterocycles. The smallest absolute Gasteiger partial charge is 0.256 e. The molecule has 3 heterocycles. The van der Waals surface area contributed by atoms with Crippen LogP contribution in [0.4, 0.5) is 11.5 Å². The van der Waals surface area contributed by atoms with Crippen molar-refractivity contribution in [2.75, 3.05) is 47.7 Å². The highest BCUT2D eigenvalue weighted by Crippen LogP contribution is 2.32. The van der Waals surface area contributed by atoms with E-state index in [1.807, 2.05) is 13.1 Å². The average molecular weight is 493 g/mol. The molecule has 1 aromatic carbocycles. The van der Waals surface area contributed by atoms with E-state index < -0.39 is 10.0 Å². The van der Waals surface area contributed by atoms with Crippen LogP contribution in [0.5, 0.6) is 0 Å². The molecule has 0 spiro atoms. The normalized spacial score (nSPS) is 18.7. The number of piperazine rings is 1. The molecule has 0 unspecified atom stereocenters. The molecular weight excluding hydrogens is 468 g/mol. The summed E-state index contributed by atoms with van der Waals surface area (Å²) in [6.45, 7) is 7.00. The van der Waals surface area contributed by atoms with Gasteiger partial charge in [-0.05, 0) is 49.6 Å². The number of carbonyl (C=O) groups is 1. The van der Waals surface area contributed by atoms with Gasteiger partial charge in [-0.3, -0.25) is 9.10 Å². The largest absolute Gasteiger partial charge is 0.353 e. The van der Waals surface area contributed by atoms with Gasteiger partial charge in [-0.25, -0.2) is 13.4 Å². The van der Waals surface area contributed by atoms with E-state index in [2.05, 4.69) is 38.8 Å². The lowest BCUT2D eigenvalue weighted by Crippen LogP contribution is -2.49. The van der Waals surface area contributed by atoms with Gasteiger partial charge < -0.3 is 9.80 Å². The van der Waals surface area contributed by atoms with Crippen LogP contribution in [0.2, 0.25) is 0 Å². The molecule has 9 heteroatoms. The number of pyridine rings is 1. The van der Waals surface area contributed by atoms with Crippen molar-refractivity contribution in [3.05, 3.63) is 51.6 Å². The van der Waals surface area contributed by atoms with E-state index in [-0.39, 0.29) is 11.7 Å². The van der Waals surface area contributed by atoms with Crippen molar-refractivity contribution < 1.29 is 13.2 Å². The lowest BCUT2D eigenvalue weighted by atomic mass is 10.1. The van der Waals surface area contributed by atoms with Crippen LogP contribution < -0.4 is 9.21 Å². The number of halogens is 1. The van der Waals surface area contributed by atoms with E-state index in [9.17, 15) is 13.2 Å². The van der Waals surface area contributed by atoms with Crippen LogP contribution in [-0.4, -0.2) is 62.7 Å². The Labute approximate surface area is 185 Å². The van der Waals surface area contributed by atoms with Crippen LogP contribution in [0.3, 0.4) is 0 Å². The summed E-state index contributed by atoms with van der Waals surface area (Å²) in [4.78, 5) is 21.9. The van der Waals surface area contributed by atoms with Crippen molar-refractivity contribution in [1.82, 2.24) is 9.88 Å². The van der Waals surface area contributed by atoms with E-state index in [4.69, 9.17) is 0 Å². The molecular formula is C21H25BrN4O3S. The molecule has 7 nitrogen and oxygen atoms in total. The van der Waals surface area contributed by atoms with Crippen LogP contribution in [0.25, 0.3) is 0 Å². The Bertz CT molecular complexity index is 1080. The van der Waals surface area contributed by atoms with Crippen molar-refractivity contribution >= 4 is 43.4 Å². The topological polar surface area (TPSA) is 73.8 Å². The summed E-state index contributed by atoms with van der Waals surface area (Å²) < 4.78 is 27.0. The lowest BCUT2D eigenvalue weighted by Gasteiger charge is -2.36. The Morgan fingerprint density at radius 1 is 1.07 bits per heavy atom. The van der Waals surface area contributed by atoms with Crippen molar-refractivity contribution in [1.29, 1.82) is 0 Å². The number of hydrogen-bond acceptors (Lipinski definition) is 5. The van der Waals surface area contributed by atoms with Gasteiger partial charge in [0.15, 0.2) is 0 Å². The summed E-state index contributed by atoms with van der Waals surface area (Å²) >= 11 is 3.41. The van der Waals surface area contributed by atoms with Gasteiger partial charge in [0.05, 0.1) is 17.0 Å². The maximum absolute atomic E-state index is 13.3. The molecule has 2 aromatic rings. The lowest BCUT2D eigenvalue weighted by molar-refractivity contribution is 0.0747. The number of aryl methyl sites for hydroxylation is 2. The van der Waals surface area contributed by atoms with Gasteiger partial charge in [0.1, 0.15) is 5.82 Å². The summed E-state index contributed by atoms with van der Waals surface area (Å²) in [5.74, 6) is 0.947. The van der Waals surface area contributed by atoms with Crippen molar-refractivity contribution in [2.24, 2.45) is 0 Å². The first-order chi connectivity index (χ1) is 14.3. The Morgan fingerprint density at radius 2 is 1.80 bits per heavy atom. The minimum absolute atomic E-state index is 0.120. The Hall–Kier alpha value is -2.13. The van der Waals surface area contributed by atoms with Crippen molar-refractivity contribution in [3.63, 3.8) is 0 Å². The molecule has 2 aliphatic heterocycles. The fraction of sp³-hybridized carbons (Fsp3) is 0.429. The standard InChI is InChI=1S/C21H25BrN4O3S/c1-15-12-16(2)20(23-14-15)24-7-9-25(10-8-24)21(27)18-5-4-17(22)13-19(18)26-6-3-11-30(26,28)29/h4-5,12-14H,3,6-11H2,1-2H3. The zero-order valence-electron chi connectivity index (χ0n) is 17.1. The molecule has 0 radical (unpaired) electrons. The Morgan fingerprint density at radius 3 is 2.43 bits per heavy atom. The van der Waals surface area contributed by atoms with E-state index in [0.29, 0.717) is 50.4 Å². The molecule has 4 rings (SSSR count). The highest BCUT2D eigenvalue weighted by molar-refractivity contribution is 9.10. The Kier molecular flexibility index (Phi) is 5.76. The molecule has 1 amide bonds. The number of amides is 1. The molecule has 2 aliphatic rings. The first-order valence-corrected chi connectivity index (χ1v) is 12.4. The minimum Gasteiger partial charge on any atom is -0.353 e. The van der Waals surface area contributed by atoms with Gasteiger partial charge in [0, 0.05) is 43.4 Å². The van der Waals surface area contributed by atoms with Gasteiger partial charge in [-0.1, -0.05) is 22.0 Å². The summed E-state index contributed by atoms with van der Waals surface area (Å²) in [5, 5.41) is 0. The van der Waals surface area contributed by atoms with Crippen molar-refractivity contribution in [2.45, 2.75) is 20.3 Å². The number of benzene rings is 1. The Balaban J connectivity index is 1.54. The second-order valence-corrected chi connectivity index (χ2v) is 10.8. The van der Waals surface area contributed by atoms with Crippen LogP contribution in [0, 0.1) is 13.8 Å². The van der Waals surface area contributed by atoms with E-state index >= 15 is 0 Å². The monoisotopic (exact) mass is 492 g/mol. The maximum Gasteiger partial charge on any atom is 0.256 e. The molecule has 0 aliphatic carbocycles. The minimum atomic E-state index is -3.37. The second-order valence-electron chi connectivity index (χ2n) is 7.84. The third kappa shape index (κ3) is 4.05. The van der Waals surface area contributed by atoms with E-state index in [1.54, 1.807) is 23.1 Å². The first kappa shape index (κ1) is 21.1. The van der Waals surface area contributed by atoms with Gasteiger partial charge in [-0.2, -0.15) is 0 Å². The summed E-state index contributed by atoms with van der Waals surface area (Å²) in [6.07, 6.45) is 2.44. The van der Waals surface area contributed by atoms with E-state index in [0.717, 1.165) is 21.4 Å².